The monoisotopic (exact) mass is 399 g/mol. The van der Waals surface area contributed by atoms with Crippen molar-refractivity contribution in [2.75, 3.05) is 31.6 Å². The molecule has 0 unspecified atom stereocenters. The highest BCUT2D eigenvalue weighted by molar-refractivity contribution is 5.98. The molecule has 6 rings (SSSR count). The van der Waals surface area contributed by atoms with E-state index in [2.05, 4.69) is 5.32 Å². The smallest absolute Gasteiger partial charge is 0.274 e. The summed E-state index contributed by atoms with van der Waals surface area (Å²) in [5, 5.41) is 2.94. The van der Waals surface area contributed by atoms with Crippen molar-refractivity contribution in [2.45, 2.75) is 38.5 Å². The Morgan fingerprint density at radius 3 is 2.24 bits per heavy atom. The molecule has 4 aliphatic carbocycles. The van der Waals surface area contributed by atoms with Gasteiger partial charge in [0.1, 0.15) is 5.69 Å². The lowest BCUT2D eigenvalue weighted by Crippen LogP contribution is -2.52. The highest BCUT2D eigenvalue weighted by atomic mass is 16.5. The van der Waals surface area contributed by atoms with E-state index in [1.165, 1.54) is 23.8 Å². The summed E-state index contributed by atoms with van der Waals surface area (Å²) in [6, 6.07) is 1.55. The van der Waals surface area contributed by atoms with Crippen molar-refractivity contribution in [1.29, 1.82) is 0 Å². The molecular weight excluding hydrogens is 370 g/mol. The second-order valence-electron chi connectivity index (χ2n) is 9.62. The summed E-state index contributed by atoms with van der Waals surface area (Å²) >= 11 is 0. The maximum atomic E-state index is 13.3. The molecular formula is C22H29N3O4. The molecule has 0 atom stereocenters. The molecule has 0 radical (unpaired) electrons. The van der Waals surface area contributed by atoms with Crippen LogP contribution in [0.5, 0.6) is 0 Å². The zero-order valence-electron chi connectivity index (χ0n) is 17.0. The van der Waals surface area contributed by atoms with E-state index in [0.717, 1.165) is 19.3 Å². The van der Waals surface area contributed by atoms with Gasteiger partial charge in [0.25, 0.3) is 11.5 Å². The van der Waals surface area contributed by atoms with Crippen LogP contribution in [0.4, 0.5) is 5.69 Å². The predicted molar refractivity (Wildman–Crippen MR) is 108 cm³/mol. The van der Waals surface area contributed by atoms with E-state index in [4.69, 9.17) is 4.74 Å². The number of aromatic nitrogens is 1. The Kier molecular flexibility index (Phi) is 4.53. The van der Waals surface area contributed by atoms with Crippen LogP contribution in [-0.4, -0.2) is 47.6 Å². The van der Waals surface area contributed by atoms with Crippen molar-refractivity contribution in [1.82, 2.24) is 9.47 Å². The number of hydrogen-bond donors (Lipinski definition) is 1. The van der Waals surface area contributed by atoms with Gasteiger partial charge in [-0.2, -0.15) is 0 Å². The third kappa shape index (κ3) is 3.29. The fourth-order valence-electron chi connectivity index (χ4n) is 6.51. The van der Waals surface area contributed by atoms with Crippen LogP contribution in [0.2, 0.25) is 0 Å². The summed E-state index contributed by atoms with van der Waals surface area (Å²) in [4.78, 5) is 40.6. The molecule has 7 nitrogen and oxygen atoms in total. The second kappa shape index (κ2) is 6.97. The molecule has 5 fully saturated rings. The predicted octanol–water partition coefficient (Wildman–Crippen LogP) is 2.01. The molecule has 7 heteroatoms. The third-order valence-electron chi connectivity index (χ3n) is 7.50. The van der Waals surface area contributed by atoms with Crippen LogP contribution in [0.15, 0.2) is 17.1 Å². The summed E-state index contributed by atoms with van der Waals surface area (Å²) in [5.74, 6) is 1.82. The van der Waals surface area contributed by atoms with Crippen LogP contribution in [0, 0.1) is 23.2 Å². The highest BCUT2D eigenvalue weighted by Gasteiger charge is 2.54. The lowest BCUT2D eigenvalue weighted by Gasteiger charge is -2.55. The van der Waals surface area contributed by atoms with Crippen molar-refractivity contribution >= 4 is 17.5 Å². The Morgan fingerprint density at radius 1 is 1.07 bits per heavy atom. The van der Waals surface area contributed by atoms with Gasteiger partial charge in [-0.1, -0.05) is 0 Å². The zero-order chi connectivity index (χ0) is 20.2. The van der Waals surface area contributed by atoms with Gasteiger partial charge in [-0.25, -0.2) is 0 Å². The van der Waals surface area contributed by atoms with Crippen molar-refractivity contribution in [2.24, 2.45) is 30.2 Å². The van der Waals surface area contributed by atoms with Crippen LogP contribution in [0.25, 0.3) is 0 Å². The Hall–Kier alpha value is -2.15. The number of carbonyl (C=O) groups is 2. The average molecular weight is 399 g/mol. The van der Waals surface area contributed by atoms with E-state index in [1.54, 1.807) is 24.2 Å². The third-order valence-corrected chi connectivity index (χ3v) is 7.50. The summed E-state index contributed by atoms with van der Waals surface area (Å²) in [5.41, 5.74) is 0.0352. The number of morpholine rings is 1. The average Bonchev–Trinajstić information content (AvgIpc) is 2.70. The molecule has 156 valence electrons. The van der Waals surface area contributed by atoms with Gasteiger partial charge in [0.05, 0.1) is 24.2 Å². The minimum atomic E-state index is -0.329. The number of nitrogens with zero attached hydrogens (tertiary/aromatic N) is 2. The number of aryl methyl sites for hydroxylation is 1. The molecule has 2 heterocycles. The molecule has 1 saturated heterocycles. The SMILES string of the molecule is Cn1cc(C(=O)N2CCOCC2)cc(NC(=O)C23CC4CC(CC(C4)C2)C3)c1=O. The van der Waals surface area contributed by atoms with Gasteiger partial charge < -0.3 is 19.5 Å². The first-order chi connectivity index (χ1) is 13.9. The van der Waals surface area contributed by atoms with Crippen LogP contribution >= 0.6 is 0 Å². The first-order valence-corrected chi connectivity index (χ1v) is 10.8. The van der Waals surface area contributed by atoms with Crippen LogP contribution < -0.4 is 10.9 Å². The standard InChI is InChI=1S/C22H29N3O4/c1-24-13-17(19(26)25-2-4-29-5-3-25)9-18(20(24)27)23-21(28)22-10-14-6-15(11-22)8-16(7-14)12-22/h9,13-16H,2-8,10-12H2,1H3,(H,23,28). The fourth-order valence-corrected chi connectivity index (χ4v) is 6.51. The molecule has 1 aromatic heterocycles. The Balaban J connectivity index is 1.39. The van der Waals surface area contributed by atoms with Crippen LogP contribution in [-0.2, 0) is 16.6 Å². The number of carbonyl (C=O) groups excluding carboxylic acids is 2. The number of hydrogen-bond acceptors (Lipinski definition) is 4. The zero-order valence-corrected chi connectivity index (χ0v) is 17.0. The van der Waals surface area contributed by atoms with Crippen molar-refractivity contribution in [3.63, 3.8) is 0 Å². The number of anilines is 1. The van der Waals surface area contributed by atoms with Crippen molar-refractivity contribution < 1.29 is 14.3 Å². The van der Waals surface area contributed by atoms with Gasteiger partial charge in [-0.3, -0.25) is 14.4 Å². The van der Waals surface area contributed by atoms with Crippen LogP contribution in [0.3, 0.4) is 0 Å². The molecule has 0 spiro atoms. The van der Waals surface area contributed by atoms with E-state index in [-0.39, 0.29) is 28.5 Å². The summed E-state index contributed by atoms with van der Waals surface area (Å²) < 4.78 is 6.71. The second-order valence-corrected chi connectivity index (χ2v) is 9.62. The highest BCUT2D eigenvalue weighted by Crippen LogP contribution is 2.60. The van der Waals surface area contributed by atoms with Gasteiger partial charge in [0.2, 0.25) is 5.91 Å². The van der Waals surface area contributed by atoms with Gasteiger partial charge >= 0.3 is 0 Å². The summed E-state index contributed by atoms with van der Waals surface area (Å²) in [7, 11) is 1.62. The first-order valence-electron chi connectivity index (χ1n) is 10.8. The molecule has 29 heavy (non-hydrogen) atoms. The fraction of sp³-hybridized carbons (Fsp3) is 0.682. The normalized spacial score (nSPS) is 33.0. The Bertz CT molecular complexity index is 865. The number of pyridine rings is 1. The topological polar surface area (TPSA) is 80.6 Å². The molecule has 1 aliphatic heterocycles. The molecule has 0 aromatic carbocycles. The van der Waals surface area contributed by atoms with E-state index in [1.807, 2.05) is 0 Å². The number of amides is 2. The summed E-state index contributed by atoms with van der Waals surface area (Å²) in [6.07, 6.45) is 8.17. The van der Waals surface area contributed by atoms with Crippen molar-refractivity contribution in [3.8, 4) is 0 Å². The quantitative estimate of drug-likeness (QED) is 0.843. The van der Waals surface area contributed by atoms with E-state index < -0.39 is 0 Å². The summed E-state index contributed by atoms with van der Waals surface area (Å²) in [6.45, 7) is 2.12. The first kappa shape index (κ1) is 18.9. The van der Waals surface area contributed by atoms with Crippen molar-refractivity contribution in [3.05, 3.63) is 28.2 Å². The maximum Gasteiger partial charge on any atom is 0.274 e. The molecule has 4 bridgehead atoms. The molecule has 4 saturated carbocycles. The minimum Gasteiger partial charge on any atom is -0.378 e. The number of ether oxygens (including phenoxy) is 1. The van der Waals surface area contributed by atoms with Crippen LogP contribution in [0.1, 0.15) is 48.9 Å². The lowest BCUT2D eigenvalue weighted by molar-refractivity contribution is -0.140. The van der Waals surface area contributed by atoms with Gasteiger partial charge in [0.15, 0.2) is 0 Å². The maximum absolute atomic E-state index is 13.3. The molecule has 1 aromatic rings. The molecule has 2 amide bonds. The molecule has 1 N–H and O–H groups in total. The van der Waals surface area contributed by atoms with Gasteiger partial charge in [-0.05, 0) is 62.3 Å². The number of nitrogens with one attached hydrogen (secondary N) is 1. The Morgan fingerprint density at radius 2 is 1.66 bits per heavy atom. The van der Waals surface area contributed by atoms with E-state index in [0.29, 0.717) is 49.6 Å². The van der Waals surface area contributed by atoms with E-state index in [9.17, 15) is 14.4 Å². The largest absolute Gasteiger partial charge is 0.378 e. The Labute approximate surface area is 170 Å². The lowest BCUT2D eigenvalue weighted by atomic mass is 9.49. The van der Waals surface area contributed by atoms with Gasteiger partial charge in [0, 0.05) is 26.3 Å². The minimum absolute atomic E-state index is 0.0235. The van der Waals surface area contributed by atoms with Gasteiger partial charge in [-0.15, -0.1) is 0 Å². The molecule has 5 aliphatic rings. The van der Waals surface area contributed by atoms with E-state index >= 15 is 0 Å². The number of rotatable bonds is 3.